The minimum atomic E-state index is 0.732. The van der Waals surface area contributed by atoms with Crippen molar-refractivity contribution >= 4 is 0 Å². The smallest absolute Gasteiger partial charge is 0.126 e. The molecule has 0 atom stereocenters. The first-order valence-corrected chi connectivity index (χ1v) is 6.02. The number of rotatable bonds is 6. The van der Waals surface area contributed by atoms with Crippen LogP contribution in [0.15, 0.2) is 22.9 Å². The van der Waals surface area contributed by atoms with Gasteiger partial charge in [0.25, 0.3) is 0 Å². The molecule has 0 unspecified atom stereocenters. The van der Waals surface area contributed by atoms with Gasteiger partial charge in [-0.3, -0.25) is 0 Å². The SMILES string of the molecule is CCCn1nncc1-c1ccoc1CNCC. The second-order valence-electron chi connectivity index (χ2n) is 3.88. The van der Waals surface area contributed by atoms with E-state index in [4.69, 9.17) is 4.42 Å². The van der Waals surface area contributed by atoms with Crippen LogP contribution in [0.1, 0.15) is 26.0 Å². The molecule has 0 saturated carbocycles. The maximum Gasteiger partial charge on any atom is 0.126 e. The zero-order valence-corrected chi connectivity index (χ0v) is 10.3. The zero-order valence-electron chi connectivity index (χ0n) is 10.3. The zero-order chi connectivity index (χ0) is 12.1. The van der Waals surface area contributed by atoms with Crippen LogP contribution in [-0.4, -0.2) is 21.5 Å². The summed E-state index contributed by atoms with van der Waals surface area (Å²) < 4.78 is 7.41. The van der Waals surface area contributed by atoms with Gasteiger partial charge < -0.3 is 9.73 Å². The molecule has 5 heteroatoms. The Morgan fingerprint density at radius 2 is 2.29 bits per heavy atom. The topological polar surface area (TPSA) is 55.9 Å². The van der Waals surface area contributed by atoms with E-state index >= 15 is 0 Å². The van der Waals surface area contributed by atoms with E-state index in [0.717, 1.165) is 43.1 Å². The van der Waals surface area contributed by atoms with Gasteiger partial charge in [0.2, 0.25) is 0 Å². The van der Waals surface area contributed by atoms with E-state index in [2.05, 4.69) is 29.5 Å². The maximum atomic E-state index is 5.49. The maximum absolute atomic E-state index is 5.49. The summed E-state index contributed by atoms with van der Waals surface area (Å²) in [6.07, 6.45) is 4.54. The van der Waals surface area contributed by atoms with Crippen LogP contribution in [0.2, 0.25) is 0 Å². The lowest BCUT2D eigenvalue weighted by Crippen LogP contribution is -2.12. The predicted molar refractivity (Wildman–Crippen MR) is 65.4 cm³/mol. The van der Waals surface area contributed by atoms with E-state index in [1.165, 1.54) is 0 Å². The van der Waals surface area contributed by atoms with Crippen LogP contribution < -0.4 is 5.32 Å². The van der Waals surface area contributed by atoms with E-state index in [1.54, 1.807) is 12.5 Å². The number of hydrogen-bond donors (Lipinski definition) is 1. The van der Waals surface area contributed by atoms with Crippen LogP contribution in [0.25, 0.3) is 11.3 Å². The lowest BCUT2D eigenvalue weighted by Gasteiger charge is -2.05. The van der Waals surface area contributed by atoms with E-state index < -0.39 is 0 Å². The van der Waals surface area contributed by atoms with Gasteiger partial charge in [-0.15, -0.1) is 5.10 Å². The Bertz CT molecular complexity index is 461. The highest BCUT2D eigenvalue weighted by atomic mass is 16.3. The largest absolute Gasteiger partial charge is 0.467 e. The number of aryl methyl sites for hydroxylation is 1. The third kappa shape index (κ3) is 2.55. The van der Waals surface area contributed by atoms with Gasteiger partial charge in [0.15, 0.2) is 0 Å². The summed E-state index contributed by atoms with van der Waals surface area (Å²) in [5.41, 5.74) is 2.10. The third-order valence-corrected chi connectivity index (χ3v) is 2.61. The first kappa shape index (κ1) is 11.9. The summed E-state index contributed by atoms with van der Waals surface area (Å²) in [5.74, 6) is 0.937. The molecule has 0 radical (unpaired) electrons. The van der Waals surface area contributed by atoms with Crippen molar-refractivity contribution in [1.29, 1.82) is 0 Å². The quantitative estimate of drug-likeness (QED) is 0.831. The summed E-state index contributed by atoms with van der Waals surface area (Å²) >= 11 is 0. The van der Waals surface area contributed by atoms with Crippen molar-refractivity contribution in [2.45, 2.75) is 33.4 Å². The lowest BCUT2D eigenvalue weighted by molar-refractivity contribution is 0.488. The van der Waals surface area contributed by atoms with Crippen molar-refractivity contribution in [2.75, 3.05) is 6.54 Å². The molecule has 17 heavy (non-hydrogen) atoms. The number of nitrogens with one attached hydrogen (secondary N) is 1. The van der Waals surface area contributed by atoms with Crippen molar-refractivity contribution in [3.63, 3.8) is 0 Å². The molecule has 0 aliphatic rings. The van der Waals surface area contributed by atoms with Crippen molar-refractivity contribution in [3.8, 4) is 11.3 Å². The van der Waals surface area contributed by atoms with Gasteiger partial charge in [-0.1, -0.05) is 19.1 Å². The minimum absolute atomic E-state index is 0.732. The fraction of sp³-hybridized carbons (Fsp3) is 0.500. The number of nitrogens with zero attached hydrogens (tertiary/aromatic N) is 3. The summed E-state index contributed by atoms with van der Waals surface area (Å²) in [6, 6.07) is 1.97. The monoisotopic (exact) mass is 234 g/mol. The summed E-state index contributed by atoms with van der Waals surface area (Å²) in [6.45, 7) is 6.73. The number of hydrogen-bond acceptors (Lipinski definition) is 4. The Kier molecular flexibility index (Phi) is 3.93. The van der Waals surface area contributed by atoms with Gasteiger partial charge in [-0.25, -0.2) is 4.68 Å². The molecule has 0 fully saturated rings. The summed E-state index contributed by atoms with van der Waals surface area (Å²) in [7, 11) is 0. The number of aromatic nitrogens is 3. The molecule has 2 heterocycles. The Hall–Kier alpha value is -1.62. The highest BCUT2D eigenvalue weighted by Crippen LogP contribution is 2.24. The normalized spacial score (nSPS) is 10.9. The summed E-state index contributed by atoms with van der Waals surface area (Å²) in [4.78, 5) is 0. The first-order valence-electron chi connectivity index (χ1n) is 6.02. The average molecular weight is 234 g/mol. The molecule has 0 aliphatic carbocycles. The van der Waals surface area contributed by atoms with Gasteiger partial charge in [-0.2, -0.15) is 0 Å². The molecule has 5 nitrogen and oxygen atoms in total. The van der Waals surface area contributed by atoms with Gasteiger partial charge in [0, 0.05) is 12.1 Å². The number of furan rings is 1. The molecule has 1 N–H and O–H groups in total. The first-order chi connectivity index (χ1) is 8.36. The van der Waals surface area contributed by atoms with Crippen LogP contribution in [0.3, 0.4) is 0 Å². The molecule has 0 amide bonds. The van der Waals surface area contributed by atoms with E-state index in [1.807, 2.05) is 10.7 Å². The van der Waals surface area contributed by atoms with Crippen molar-refractivity contribution < 1.29 is 4.42 Å². The molecule has 0 aliphatic heterocycles. The van der Waals surface area contributed by atoms with Gasteiger partial charge in [0.1, 0.15) is 5.76 Å². The molecule has 0 saturated heterocycles. The Balaban J connectivity index is 2.26. The van der Waals surface area contributed by atoms with Crippen LogP contribution in [-0.2, 0) is 13.1 Å². The Morgan fingerprint density at radius 3 is 3.06 bits per heavy atom. The second kappa shape index (κ2) is 5.63. The molecular formula is C12H18N4O. The second-order valence-corrected chi connectivity index (χ2v) is 3.88. The van der Waals surface area contributed by atoms with Gasteiger partial charge in [0.05, 0.1) is 24.7 Å². The molecule has 2 aromatic rings. The van der Waals surface area contributed by atoms with Crippen molar-refractivity contribution in [1.82, 2.24) is 20.3 Å². The molecule has 2 aromatic heterocycles. The highest BCUT2D eigenvalue weighted by Gasteiger charge is 2.13. The molecule has 0 spiro atoms. The Morgan fingerprint density at radius 1 is 1.41 bits per heavy atom. The van der Waals surface area contributed by atoms with E-state index in [0.29, 0.717) is 0 Å². The van der Waals surface area contributed by atoms with E-state index in [9.17, 15) is 0 Å². The lowest BCUT2D eigenvalue weighted by atomic mass is 10.2. The molecule has 0 aromatic carbocycles. The predicted octanol–water partition coefficient (Wildman–Crippen LogP) is 2.06. The van der Waals surface area contributed by atoms with Crippen LogP contribution in [0.4, 0.5) is 0 Å². The summed E-state index contributed by atoms with van der Waals surface area (Å²) in [5, 5.41) is 11.3. The van der Waals surface area contributed by atoms with Crippen LogP contribution in [0.5, 0.6) is 0 Å². The highest BCUT2D eigenvalue weighted by molar-refractivity contribution is 5.60. The van der Waals surface area contributed by atoms with Crippen LogP contribution in [0, 0.1) is 0 Å². The Labute approximate surface area is 101 Å². The van der Waals surface area contributed by atoms with Gasteiger partial charge in [-0.05, 0) is 19.0 Å². The standard InChI is InChI=1S/C12H18N4O/c1-3-6-16-11(8-14-15-16)10-5-7-17-12(10)9-13-4-2/h5,7-8,13H,3-4,6,9H2,1-2H3. The molecular weight excluding hydrogens is 216 g/mol. The van der Waals surface area contributed by atoms with Crippen molar-refractivity contribution in [2.24, 2.45) is 0 Å². The average Bonchev–Trinajstić information content (AvgIpc) is 2.94. The van der Waals surface area contributed by atoms with E-state index in [-0.39, 0.29) is 0 Å². The fourth-order valence-corrected chi connectivity index (χ4v) is 1.79. The fourth-order valence-electron chi connectivity index (χ4n) is 1.79. The van der Waals surface area contributed by atoms with Crippen LogP contribution >= 0.6 is 0 Å². The minimum Gasteiger partial charge on any atom is -0.467 e. The molecule has 2 rings (SSSR count). The van der Waals surface area contributed by atoms with Crippen molar-refractivity contribution in [3.05, 3.63) is 24.3 Å². The molecule has 92 valence electrons. The third-order valence-electron chi connectivity index (χ3n) is 2.61. The van der Waals surface area contributed by atoms with Gasteiger partial charge >= 0.3 is 0 Å². The molecule has 0 bridgehead atoms.